The fourth-order valence-corrected chi connectivity index (χ4v) is 1.62. The highest BCUT2D eigenvalue weighted by Crippen LogP contribution is 2.28. The Balaban J connectivity index is 0.00000324. The molecule has 5 heteroatoms. The molecule has 3 N–H and O–H groups in total. The molecule has 0 spiro atoms. The fraction of sp³-hybridized carbons (Fsp3) is 0.571. The SMILES string of the molecule is COc1ccc([C@@H](O)C[C@@H](N)C(C)(C)C)cc1F.Cl. The topological polar surface area (TPSA) is 55.5 Å². The van der Waals surface area contributed by atoms with E-state index in [2.05, 4.69) is 0 Å². The van der Waals surface area contributed by atoms with Crippen molar-refractivity contribution in [1.82, 2.24) is 0 Å². The van der Waals surface area contributed by atoms with Crippen LogP contribution < -0.4 is 10.5 Å². The summed E-state index contributed by atoms with van der Waals surface area (Å²) in [5, 5.41) is 10.1. The van der Waals surface area contributed by atoms with Gasteiger partial charge in [-0.15, -0.1) is 12.4 Å². The van der Waals surface area contributed by atoms with Gasteiger partial charge in [0, 0.05) is 6.04 Å². The van der Waals surface area contributed by atoms with Crippen molar-refractivity contribution in [3.05, 3.63) is 29.6 Å². The molecule has 0 radical (unpaired) electrons. The molecule has 0 amide bonds. The van der Waals surface area contributed by atoms with Crippen LogP contribution in [-0.2, 0) is 0 Å². The van der Waals surface area contributed by atoms with Crippen molar-refractivity contribution in [2.75, 3.05) is 7.11 Å². The third kappa shape index (κ3) is 4.97. The molecule has 0 heterocycles. The van der Waals surface area contributed by atoms with Crippen LogP contribution in [0.1, 0.15) is 38.9 Å². The maximum absolute atomic E-state index is 13.5. The molecule has 1 aromatic carbocycles. The smallest absolute Gasteiger partial charge is 0.165 e. The zero-order valence-electron chi connectivity index (χ0n) is 11.8. The number of ether oxygens (including phenoxy) is 1. The van der Waals surface area contributed by atoms with Gasteiger partial charge in [0.15, 0.2) is 11.6 Å². The minimum Gasteiger partial charge on any atom is -0.494 e. The van der Waals surface area contributed by atoms with E-state index in [9.17, 15) is 9.50 Å². The zero-order valence-corrected chi connectivity index (χ0v) is 12.6. The average molecular weight is 292 g/mol. The third-order valence-corrected chi connectivity index (χ3v) is 3.15. The molecule has 2 atom stereocenters. The lowest BCUT2D eigenvalue weighted by Gasteiger charge is -2.29. The lowest BCUT2D eigenvalue weighted by molar-refractivity contribution is 0.133. The van der Waals surface area contributed by atoms with Gasteiger partial charge in [-0.2, -0.15) is 0 Å². The number of methoxy groups -OCH3 is 1. The summed E-state index contributed by atoms with van der Waals surface area (Å²) in [5.41, 5.74) is 6.43. The highest BCUT2D eigenvalue weighted by molar-refractivity contribution is 5.85. The normalized spacial score (nSPS) is 14.5. The lowest BCUT2D eigenvalue weighted by atomic mass is 9.83. The average Bonchev–Trinajstić information content (AvgIpc) is 2.27. The molecule has 0 aromatic heterocycles. The van der Waals surface area contributed by atoms with Crippen LogP contribution in [0, 0.1) is 11.2 Å². The number of hydrogen-bond donors (Lipinski definition) is 2. The summed E-state index contributed by atoms with van der Waals surface area (Å²) in [6.07, 6.45) is -0.366. The summed E-state index contributed by atoms with van der Waals surface area (Å²) in [5.74, 6) is -0.301. The second kappa shape index (κ2) is 7.08. The number of nitrogens with two attached hydrogens (primary N) is 1. The summed E-state index contributed by atoms with van der Waals surface area (Å²) in [6, 6.07) is 4.30. The molecule has 3 nitrogen and oxygen atoms in total. The molecule has 0 bridgehead atoms. The van der Waals surface area contributed by atoms with Crippen molar-refractivity contribution in [2.24, 2.45) is 11.1 Å². The van der Waals surface area contributed by atoms with E-state index in [1.165, 1.54) is 19.2 Å². The van der Waals surface area contributed by atoms with E-state index in [1.807, 2.05) is 20.8 Å². The summed E-state index contributed by atoms with van der Waals surface area (Å²) in [4.78, 5) is 0. The van der Waals surface area contributed by atoms with E-state index < -0.39 is 11.9 Å². The van der Waals surface area contributed by atoms with Gasteiger partial charge in [-0.05, 0) is 29.5 Å². The number of benzene rings is 1. The zero-order chi connectivity index (χ0) is 13.9. The number of aliphatic hydroxyl groups excluding tert-OH is 1. The molecule has 0 aliphatic rings. The van der Waals surface area contributed by atoms with Crippen molar-refractivity contribution in [2.45, 2.75) is 39.3 Å². The second-order valence-corrected chi connectivity index (χ2v) is 5.62. The Morgan fingerprint density at radius 2 is 1.95 bits per heavy atom. The van der Waals surface area contributed by atoms with Gasteiger partial charge in [0.2, 0.25) is 0 Å². The van der Waals surface area contributed by atoms with Crippen LogP contribution in [0.3, 0.4) is 0 Å². The first kappa shape index (κ1) is 18.2. The highest BCUT2D eigenvalue weighted by atomic mass is 35.5. The largest absolute Gasteiger partial charge is 0.494 e. The van der Waals surface area contributed by atoms with Crippen molar-refractivity contribution >= 4 is 12.4 Å². The highest BCUT2D eigenvalue weighted by Gasteiger charge is 2.24. The van der Waals surface area contributed by atoms with Crippen molar-refractivity contribution in [1.29, 1.82) is 0 Å². The van der Waals surface area contributed by atoms with Crippen LogP contribution >= 0.6 is 12.4 Å². The van der Waals surface area contributed by atoms with Gasteiger partial charge >= 0.3 is 0 Å². The maximum Gasteiger partial charge on any atom is 0.165 e. The van der Waals surface area contributed by atoms with E-state index in [0.29, 0.717) is 12.0 Å². The summed E-state index contributed by atoms with van der Waals surface area (Å²) >= 11 is 0. The number of hydrogen-bond acceptors (Lipinski definition) is 3. The molecule has 0 saturated heterocycles. The van der Waals surface area contributed by atoms with Crippen molar-refractivity contribution in [3.8, 4) is 5.75 Å². The van der Waals surface area contributed by atoms with Crippen LogP contribution in [0.4, 0.5) is 4.39 Å². The van der Waals surface area contributed by atoms with E-state index >= 15 is 0 Å². The van der Waals surface area contributed by atoms with Crippen molar-refractivity contribution in [3.63, 3.8) is 0 Å². The third-order valence-electron chi connectivity index (χ3n) is 3.15. The molecule has 0 aliphatic heterocycles. The molecule has 0 aliphatic carbocycles. The first-order chi connectivity index (χ1) is 8.25. The van der Waals surface area contributed by atoms with Gasteiger partial charge in [0.1, 0.15) is 0 Å². The molecule has 0 saturated carbocycles. The summed E-state index contributed by atoms with van der Waals surface area (Å²) in [7, 11) is 1.41. The molecule has 110 valence electrons. The molecule has 0 unspecified atom stereocenters. The number of rotatable bonds is 4. The molecule has 1 rings (SSSR count). The van der Waals surface area contributed by atoms with E-state index in [-0.39, 0.29) is 29.6 Å². The Morgan fingerprint density at radius 3 is 2.37 bits per heavy atom. The molecular weight excluding hydrogens is 269 g/mol. The maximum atomic E-state index is 13.5. The van der Waals surface area contributed by atoms with Gasteiger partial charge in [-0.3, -0.25) is 0 Å². The monoisotopic (exact) mass is 291 g/mol. The van der Waals surface area contributed by atoms with Crippen LogP contribution in [0.25, 0.3) is 0 Å². The van der Waals surface area contributed by atoms with Gasteiger partial charge in [-0.25, -0.2) is 4.39 Å². The molecule has 1 aromatic rings. The van der Waals surface area contributed by atoms with Gasteiger partial charge in [-0.1, -0.05) is 26.8 Å². The standard InChI is InChI=1S/C14H22FNO2.ClH/c1-14(2,3)13(16)8-11(17)9-5-6-12(18-4)10(15)7-9;/h5-7,11,13,17H,8,16H2,1-4H3;1H/t11-,13+;/m0./s1. The first-order valence-electron chi connectivity index (χ1n) is 6.02. The summed E-state index contributed by atoms with van der Waals surface area (Å²) in [6.45, 7) is 6.04. The lowest BCUT2D eigenvalue weighted by Crippen LogP contribution is -2.36. The van der Waals surface area contributed by atoms with E-state index in [1.54, 1.807) is 6.07 Å². The Morgan fingerprint density at radius 1 is 1.37 bits per heavy atom. The number of halogens is 2. The predicted octanol–water partition coefficient (Wildman–Crippen LogP) is 3.05. The van der Waals surface area contributed by atoms with Crippen LogP contribution in [-0.4, -0.2) is 18.3 Å². The summed E-state index contributed by atoms with van der Waals surface area (Å²) < 4.78 is 18.3. The second-order valence-electron chi connectivity index (χ2n) is 5.62. The Kier molecular flexibility index (Phi) is 6.77. The minimum absolute atomic E-state index is 0. The van der Waals surface area contributed by atoms with Crippen LogP contribution in [0.15, 0.2) is 18.2 Å². The Hall–Kier alpha value is -0.840. The van der Waals surface area contributed by atoms with Gasteiger partial charge in [0.05, 0.1) is 13.2 Å². The Labute approximate surface area is 120 Å². The van der Waals surface area contributed by atoms with E-state index in [0.717, 1.165) is 0 Å². The molecular formula is C14H23ClFNO2. The first-order valence-corrected chi connectivity index (χ1v) is 6.02. The Bertz CT molecular complexity index is 407. The van der Waals surface area contributed by atoms with Gasteiger partial charge < -0.3 is 15.6 Å². The van der Waals surface area contributed by atoms with E-state index in [4.69, 9.17) is 10.5 Å². The number of aliphatic hydroxyl groups is 1. The van der Waals surface area contributed by atoms with Crippen molar-refractivity contribution < 1.29 is 14.2 Å². The van der Waals surface area contributed by atoms with Crippen LogP contribution in [0.5, 0.6) is 5.75 Å². The van der Waals surface area contributed by atoms with Crippen LogP contribution in [0.2, 0.25) is 0 Å². The minimum atomic E-state index is -0.764. The fourth-order valence-electron chi connectivity index (χ4n) is 1.62. The van der Waals surface area contributed by atoms with Gasteiger partial charge in [0.25, 0.3) is 0 Å². The molecule has 19 heavy (non-hydrogen) atoms. The molecule has 0 fully saturated rings. The quantitative estimate of drug-likeness (QED) is 0.896. The predicted molar refractivity (Wildman–Crippen MR) is 77.2 cm³/mol.